The topological polar surface area (TPSA) is 66.9 Å². The minimum absolute atomic E-state index is 0.254. The zero-order valence-corrected chi connectivity index (χ0v) is 15.1. The van der Waals surface area contributed by atoms with Crippen LogP contribution in [0.2, 0.25) is 5.02 Å². The van der Waals surface area contributed by atoms with E-state index < -0.39 is 5.91 Å². The number of rotatable bonds is 5. The quantitative estimate of drug-likeness (QED) is 0.757. The second-order valence-corrected chi connectivity index (χ2v) is 6.34. The number of amides is 3. The van der Waals surface area contributed by atoms with Crippen molar-refractivity contribution >= 4 is 29.3 Å². The van der Waals surface area contributed by atoms with E-state index in [1.54, 1.807) is 25.2 Å². The molecule has 134 valence electrons. The molecule has 2 aromatic carbocycles. The van der Waals surface area contributed by atoms with E-state index in [4.69, 9.17) is 16.3 Å². The second kappa shape index (κ2) is 7.17. The smallest absolute Gasteiger partial charge is 0.261 e. The third-order valence-corrected chi connectivity index (χ3v) is 4.52. The Hall–Kier alpha value is -2.86. The summed E-state index contributed by atoms with van der Waals surface area (Å²) in [4.78, 5) is 39.1. The molecule has 0 atom stereocenters. The average Bonchev–Trinajstić information content (AvgIpc) is 2.86. The van der Waals surface area contributed by atoms with Gasteiger partial charge in [-0.3, -0.25) is 19.3 Å². The molecule has 0 bridgehead atoms. The molecule has 0 fully saturated rings. The number of fused-ring (bicyclic) bond motifs is 1. The molecule has 0 saturated heterocycles. The van der Waals surface area contributed by atoms with E-state index in [0.717, 1.165) is 4.90 Å². The van der Waals surface area contributed by atoms with Gasteiger partial charge in [0.05, 0.1) is 22.7 Å². The predicted octanol–water partition coefficient (Wildman–Crippen LogP) is 2.72. The number of hydrogen-bond donors (Lipinski definition) is 0. The molecular formula is C19H17ClN2O4. The highest BCUT2D eigenvalue weighted by Crippen LogP contribution is 2.24. The largest absolute Gasteiger partial charge is 0.490 e. The van der Waals surface area contributed by atoms with Gasteiger partial charge in [-0.25, -0.2) is 0 Å². The molecule has 0 aromatic heterocycles. The lowest BCUT2D eigenvalue weighted by Crippen LogP contribution is -2.31. The van der Waals surface area contributed by atoms with Gasteiger partial charge < -0.3 is 9.64 Å². The van der Waals surface area contributed by atoms with Gasteiger partial charge in [0, 0.05) is 19.7 Å². The Morgan fingerprint density at radius 3 is 2.54 bits per heavy atom. The van der Waals surface area contributed by atoms with Crippen molar-refractivity contribution < 1.29 is 19.1 Å². The van der Waals surface area contributed by atoms with Crippen LogP contribution in [0.5, 0.6) is 5.75 Å². The zero-order valence-electron chi connectivity index (χ0n) is 14.4. The highest BCUT2D eigenvalue weighted by Gasteiger charge is 2.33. The zero-order chi connectivity index (χ0) is 18.8. The van der Waals surface area contributed by atoms with Crippen LogP contribution in [-0.2, 0) is 0 Å². The number of likely N-dealkylation sites (N-methyl/N-ethyl adjacent to an activating group) is 1. The highest BCUT2D eigenvalue weighted by molar-refractivity contribution is 6.32. The summed E-state index contributed by atoms with van der Waals surface area (Å²) in [7, 11) is 3.06. The Morgan fingerprint density at radius 1 is 1.12 bits per heavy atom. The first-order chi connectivity index (χ1) is 12.4. The Labute approximate surface area is 155 Å². The molecule has 0 N–H and O–H groups in total. The number of carbonyl (C=O) groups is 3. The number of nitrogens with zero attached hydrogens (tertiary/aromatic N) is 2. The third kappa shape index (κ3) is 3.28. The number of hydrogen-bond acceptors (Lipinski definition) is 4. The fraction of sp³-hybridized carbons (Fsp3) is 0.211. The number of para-hydroxylation sites is 1. The summed E-state index contributed by atoms with van der Waals surface area (Å²) in [6.45, 7) is 0.616. The maximum atomic E-state index is 12.6. The number of carbonyl (C=O) groups excluding carboxylic acids is 3. The van der Waals surface area contributed by atoms with Crippen LogP contribution in [0.15, 0.2) is 42.5 Å². The Kier molecular flexibility index (Phi) is 4.95. The van der Waals surface area contributed by atoms with Crippen molar-refractivity contribution in [3.8, 4) is 5.75 Å². The van der Waals surface area contributed by atoms with Gasteiger partial charge in [-0.2, -0.15) is 0 Å². The highest BCUT2D eigenvalue weighted by atomic mass is 35.5. The normalized spacial score (nSPS) is 13.0. The molecule has 1 aliphatic rings. The van der Waals surface area contributed by atoms with Crippen molar-refractivity contribution in [2.24, 2.45) is 0 Å². The monoisotopic (exact) mass is 372 g/mol. The number of benzene rings is 2. The molecule has 0 aliphatic carbocycles. The van der Waals surface area contributed by atoms with Gasteiger partial charge in [0.25, 0.3) is 17.7 Å². The van der Waals surface area contributed by atoms with Crippen LogP contribution in [0.3, 0.4) is 0 Å². The van der Waals surface area contributed by atoms with E-state index in [1.165, 1.54) is 24.1 Å². The van der Waals surface area contributed by atoms with Gasteiger partial charge in [0.15, 0.2) is 0 Å². The lowest BCUT2D eigenvalue weighted by Gasteiger charge is -2.18. The summed E-state index contributed by atoms with van der Waals surface area (Å²) in [5, 5.41) is 0.507. The molecule has 2 aromatic rings. The minimum Gasteiger partial charge on any atom is -0.490 e. The molecule has 3 amide bonds. The third-order valence-electron chi connectivity index (χ3n) is 4.20. The summed E-state index contributed by atoms with van der Waals surface area (Å²) in [6, 6.07) is 11.6. The Bertz CT molecular complexity index is 897. The van der Waals surface area contributed by atoms with Crippen molar-refractivity contribution in [2.75, 3.05) is 27.2 Å². The summed E-state index contributed by atoms with van der Waals surface area (Å²) in [6.07, 6.45) is 0. The van der Waals surface area contributed by atoms with Gasteiger partial charge in [0.2, 0.25) is 0 Å². The maximum absolute atomic E-state index is 12.6. The van der Waals surface area contributed by atoms with E-state index in [2.05, 4.69) is 0 Å². The summed E-state index contributed by atoms with van der Waals surface area (Å²) >= 11 is 6.02. The minimum atomic E-state index is -0.399. The Morgan fingerprint density at radius 2 is 1.81 bits per heavy atom. The molecule has 0 spiro atoms. The molecule has 0 saturated carbocycles. The summed E-state index contributed by atoms with van der Waals surface area (Å²) in [5.41, 5.74) is 0.920. The molecule has 1 aliphatic heterocycles. The molecule has 0 radical (unpaired) electrons. The van der Waals surface area contributed by atoms with Gasteiger partial charge in [0.1, 0.15) is 12.4 Å². The molecule has 26 heavy (non-hydrogen) atoms. The fourth-order valence-corrected chi connectivity index (χ4v) is 2.86. The lowest BCUT2D eigenvalue weighted by molar-refractivity contribution is 0.0692. The average molecular weight is 373 g/mol. The van der Waals surface area contributed by atoms with Gasteiger partial charge in [-0.05, 0) is 30.3 Å². The van der Waals surface area contributed by atoms with E-state index in [-0.39, 0.29) is 24.0 Å². The van der Waals surface area contributed by atoms with Crippen LogP contribution in [0.1, 0.15) is 31.1 Å². The number of imide groups is 1. The number of ether oxygens (including phenoxy) is 1. The first kappa shape index (κ1) is 17.9. The molecule has 7 heteroatoms. The van der Waals surface area contributed by atoms with E-state index in [1.807, 2.05) is 12.1 Å². The Balaban J connectivity index is 1.65. The van der Waals surface area contributed by atoms with Gasteiger partial charge in [-0.15, -0.1) is 0 Å². The number of halogens is 1. The van der Waals surface area contributed by atoms with Crippen molar-refractivity contribution in [1.82, 2.24) is 9.80 Å². The molecular weight excluding hydrogens is 356 g/mol. The van der Waals surface area contributed by atoms with E-state index >= 15 is 0 Å². The van der Waals surface area contributed by atoms with E-state index in [9.17, 15) is 14.4 Å². The second-order valence-electron chi connectivity index (χ2n) is 5.94. The predicted molar refractivity (Wildman–Crippen MR) is 96.8 cm³/mol. The van der Waals surface area contributed by atoms with Crippen LogP contribution in [0.4, 0.5) is 0 Å². The van der Waals surface area contributed by atoms with Crippen molar-refractivity contribution in [3.63, 3.8) is 0 Å². The van der Waals surface area contributed by atoms with Crippen LogP contribution in [0, 0.1) is 0 Å². The van der Waals surface area contributed by atoms with Crippen molar-refractivity contribution in [2.45, 2.75) is 0 Å². The van der Waals surface area contributed by atoms with E-state index in [0.29, 0.717) is 28.4 Å². The SMILES string of the molecule is CN(CCOc1ccccc1Cl)C(=O)c1ccc2c(c1)C(=O)N(C)C2=O. The van der Waals surface area contributed by atoms with Crippen LogP contribution in [-0.4, -0.2) is 54.8 Å². The standard InChI is InChI=1S/C19H17ClN2O4/c1-21(9-10-26-16-6-4-3-5-15(16)20)17(23)12-7-8-13-14(11-12)19(25)22(2)18(13)24/h3-8,11H,9-10H2,1-2H3. The van der Waals surface area contributed by atoms with Crippen molar-refractivity contribution in [1.29, 1.82) is 0 Å². The molecule has 1 heterocycles. The van der Waals surface area contributed by atoms with Gasteiger partial charge in [-0.1, -0.05) is 23.7 Å². The molecule has 0 unspecified atom stereocenters. The van der Waals surface area contributed by atoms with Crippen molar-refractivity contribution in [3.05, 3.63) is 64.2 Å². The summed E-state index contributed by atoms with van der Waals surface area (Å²) < 4.78 is 5.58. The first-order valence-corrected chi connectivity index (χ1v) is 8.37. The fourth-order valence-electron chi connectivity index (χ4n) is 2.67. The van der Waals surface area contributed by atoms with Crippen LogP contribution >= 0.6 is 11.6 Å². The van der Waals surface area contributed by atoms with Gasteiger partial charge >= 0.3 is 0 Å². The first-order valence-electron chi connectivity index (χ1n) is 7.99. The maximum Gasteiger partial charge on any atom is 0.261 e. The van der Waals surface area contributed by atoms with Crippen LogP contribution < -0.4 is 4.74 Å². The lowest BCUT2D eigenvalue weighted by atomic mass is 10.1. The molecule has 3 rings (SSSR count). The molecule has 6 nitrogen and oxygen atoms in total. The van der Waals surface area contributed by atoms with Crippen LogP contribution in [0.25, 0.3) is 0 Å². The summed E-state index contributed by atoms with van der Waals surface area (Å²) in [5.74, 6) is -0.458.